The fourth-order valence-electron chi connectivity index (χ4n) is 5.40. The van der Waals surface area contributed by atoms with Crippen LogP contribution in [0.4, 0.5) is 5.69 Å². The summed E-state index contributed by atoms with van der Waals surface area (Å²) in [5.74, 6) is 0.878. The lowest BCUT2D eigenvalue weighted by Crippen LogP contribution is -2.51. The lowest BCUT2D eigenvalue weighted by Gasteiger charge is -2.36. The van der Waals surface area contributed by atoms with Crippen LogP contribution in [-0.2, 0) is 4.79 Å². The standard InChI is InChI=1S/C21H28N4O/c1-24-9-10-25-12-14(11-15(25)13-24)22-21(26)20-18-7-4-6-16(18)17-5-2-3-8-19(17)23-20/h2-6,8,14-16,18,20,23H,7,9-13H2,1H3,(H,22,26)/t14-,15-,16+,18+,20+/m0/s1. The Labute approximate surface area is 155 Å². The molecule has 5 rings (SSSR count). The SMILES string of the molecule is CN1CCN2C[C@@H](NC(=O)[C@@H]3Nc4ccccc4[C@H]4C=CC[C@H]43)C[C@H]2C1. The number of hydrogen-bond acceptors (Lipinski definition) is 4. The minimum Gasteiger partial charge on any atom is -0.373 e. The summed E-state index contributed by atoms with van der Waals surface area (Å²) in [6, 6.07) is 9.18. The van der Waals surface area contributed by atoms with E-state index in [1.807, 2.05) is 6.07 Å². The molecule has 0 aromatic heterocycles. The predicted molar refractivity (Wildman–Crippen MR) is 103 cm³/mol. The quantitative estimate of drug-likeness (QED) is 0.795. The van der Waals surface area contributed by atoms with Crippen molar-refractivity contribution in [1.82, 2.24) is 15.1 Å². The first-order chi connectivity index (χ1) is 12.7. The molecule has 1 aliphatic carbocycles. The molecule has 3 aliphatic heterocycles. The molecule has 0 radical (unpaired) electrons. The van der Waals surface area contributed by atoms with Crippen LogP contribution >= 0.6 is 0 Å². The number of para-hydroxylation sites is 1. The van der Waals surface area contributed by atoms with Crippen molar-refractivity contribution < 1.29 is 4.79 Å². The van der Waals surface area contributed by atoms with E-state index in [2.05, 4.69) is 57.8 Å². The highest BCUT2D eigenvalue weighted by atomic mass is 16.2. The van der Waals surface area contributed by atoms with Crippen molar-refractivity contribution in [1.29, 1.82) is 0 Å². The number of nitrogens with zero attached hydrogens (tertiary/aromatic N) is 2. The van der Waals surface area contributed by atoms with Crippen LogP contribution in [0.3, 0.4) is 0 Å². The van der Waals surface area contributed by atoms with Crippen molar-refractivity contribution in [2.24, 2.45) is 5.92 Å². The molecular formula is C21H28N4O. The van der Waals surface area contributed by atoms with Gasteiger partial charge >= 0.3 is 0 Å². The first kappa shape index (κ1) is 16.3. The summed E-state index contributed by atoms with van der Waals surface area (Å²) in [7, 11) is 2.19. The number of hydrogen-bond donors (Lipinski definition) is 2. The molecule has 0 bridgehead atoms. The second-order valence-corrected chi connectivity index (χ2v) is 8.41. The van der Waals surface area contributed by atoms with E-state index in [1.54, 1.807) is 0 Å². The second kappa shape index (κ2) is 6.39. The van der Waals surface area contributed by atoms with Gasteiger partial charge in [0.25, 0.3) is 0 Å². The highest BCUT2D eigenvalue weighted by Gasteiger charge is 2.42. The van der Waals surface area contributed by atoms with E-state index < -0.39 is 0 Å². The van der Waals surface area contributed by atoms with Crippen LogP contribution in [0.25, 0.3) is 0 Å². The summed E-state index contributed by atoms with van der Waals surface area (Å²) in [6.07, 6.45) is 6.58. The molecule has 1 amide bonds. The Morgan fingerprint density at radius 1 is 1.23 bits per heavy atom. The molecule has 2 fully saturated rings. The maximum absolute atomic E-state index is 13.1. The summed E-state index contributed by atoms with van der Waals surface area (Å²) in [5.41, 5.74) is 2.45. The number of amides is 1. The Balaban J connectivity index is 1.29. The first-order valence-corrected chi connectivity index (χ1v) is 9.94. The van der Waals surface area contributed by atoms with Crippen LogP contribution in [0.1, 0.15) is 24.3 Å². The fraction of sp³-hybridized carbons (Fsp3) is 0.571. The molecule has 5 nitrogen and oxygen atoms in total. The number of benzene rings is 1. The third kappa shape index (κ3) is 2.74. The Morgan fingerprint density at radius 3 is 3.04 bits per heavy atom. The monoisotopic (exact) mass is 352 g/mol. The summed E-state index contributed by atoms with van der Waals surface area (Å²) in [5, 5.41) is 6.91. The van der Waals surface area contributed by atoms with Gasteiger partial charge in [-0.2, -0.15) is 0 Å². The Bertz CT molecular complexity index is 732. The smallest absolute Gasteiger partial charge is 0.243 e. The number of carbonyl (C=O) groups is 1. The minimum atomic E-state index is -0.134. The van der Waals surface area contributed by atoms with Crippen molar-refractivity contribution >= 4 is 11.6 Å². The molecule has 4 aliphatic rings. The van der Waals surface area contributed by atoms with Crippen LogP contribution in [0.15, 0.2) is 36.4 Å². The topological polar surface area (TPSA) is 47.6 Å². The number of piperazine rings is 1. The number of allylic oxidation sites excluding steroid dienone is 2. The number of anilines is 1. The molecule has 2 N–H and O–H groups in total. The molecule has 3 heterocycles. The van der Waals surface area contributed by atoms with Gasteiger partial charge in [0, 0.05) is 55.8 Å². The summed E-state index contributed by atoms with van der Waals surface area (Å²) < 4.78 is 0. The highest BCUT2D eigenvalue weighted by molar-refractivity contribution is 5.87. The third-order valence-electron chi connectivity index (χ3n) is 6.72. The zero-order chi connectivity index (χ0) is 17.7. The highest BCUT2D eigenvalue weighted by Crippen LogP contribution is 2.44. The Morgan fingerprint density at radius 2 is 2.12 bits per heavy atom. The zero-order valence-electron chi connectivity index (χ0n) is 15.4. The second-order valence-electron chi connectivity index (χ2n) is 8.41. The largest absolute Gasteiger partial charge is 0.373 e. The van der Waals surface area contributed by atoms with E-state index in [0.717, 1.165) is 44.7 Å². The van der Waals surface area contributed by atoms with E-state index in [0.29, 0.717) is 17.9 Å². The Hall–Kier alpha value is -1.85. The molecule has 1 aromatic rings. The van der Waals surface area contributed by atoms with Gasteiger partial charge in [0.05, 0.1) is 0 Å². The van der Waals surface area contributed by atoms with Gasteiger partial charge in [0.1, 0.15) is 6.04 Å². The lowest BCUT2D eigenvalue weighted by molar-refractivity contribution is -0.123. The van der Waals surface area contributed by atoms with Gasteiger partial charge in [-0.05, 0) is 31.5 Å². The maximum atomic E-state index is 13.1. The zero-order valence-corrected chi connectivity index (χ0v) is 15.4. The van der Waals surface area contributed by atoms with Crippen molar-refractivity contribution in [2.75, 3.05) is 38.5 Å². The van der Waals surface area contributed by atoms with Gasteiger partial charge < -0.3 is 15.5 Å². The third-order valence-corrected chi connectivity index (χ3v) is 6.72. The summed E-state index contributed by atoms with van der Waals surface area (Å²) in [4.78, 5) is 18.1. The van der Waals surface area contributed by atoms with Gasteiger partial charge in [0.15, 0.2) is 0 Å². The predicted octanol–water partition coefficient (Wildman–Crippen LogP) is 1.64. The van der Waals surface area contributed by atoms with E-state index in [1.165, 1.54) is 5.56 Å². The molecule has 0 unspecified atom stereocenters. The summed E-state index contributed by atoms with van der Waals surface area (Å²) >= 11 is 0. The Kier molecular flexibility index (Phi) is 4.02. The lowest BCUT2D eigenvalue weighted by atomic mass is 9.79. The molecule has 1 aromatic carbocycles. The van der Waals surface area contributed by atoms with E-state index >= 15 is 0 Å². The van der Waals surface area contributed by atoms with Gasteiger partial charge in [0.2, 0.25) is 5.91 Å². The molecule has 0 spiro atoms. The van der Waals surface area contributed by atoms with Crippen molar-refractivity contribution in [3.63, 3.8) is 0 Å². The number of rotatable bonds is 2. The fourth-order valence-corrected chi connectivity index (χ4v) is 5.40. The molecule has 0 saturated carbocycles. The van der Waals surface area contributed by atoms with Gasteiger partial charge in [-0.25, -0.2) is 0 Å². The average molecular weight is 352 g/mol. The number of carbonyl (C=O) groups excluding carboxylic acids is 1. The van der Waals surface area contributed by atoms with E-state index in [4.69, 9.17) is 0 Å². The van der Waals surface area contributed by atoms with Crippen LogP contribution in [0.2, 0.25) is 0 Å². The average Bonchev–Trinajstić information content (AvgIpc) is 3.27. The maximum Gasteiger partial charge on any atom is 0.243 e. The van der Waals surface area contributed by atoms with E-state index in [9.17, 15) is 4.79 Å². The van der Waals surface area contributed by atoms with Crippen molar-refractivity contribution in [2.45, 2.75) is 36.9 Å². The van der Waals surface area contributed by atoms with Gasteiger partial charge in [-0.1, -0.05) is 30.4 Å². The molecule has 2 saturated heterocycles. The molecular weight excluding hydrogens is 324 g/mol. The van der Waals surface area contributed by atoms with Crippen LogP contribution < -0.4 is 10.6 Å². The minimum absolute atomic E-state index is 0.134. The molecule has 26 heavy (non-hydrogen) atoms. The number of fused-ring (bicyclic) bond motifs is 4. The van der Waals surface area contributed by atoms with E-state index in [-0.39, 0.29) is 18.0 Å². The molecule has 5 atom stereocenters. The summed E-state index contributed by atoms with van der Waals surface area (Å²) in [6.45, 7) is 4.38. The van der Waals surface area contributed by atoms with Crippen LogP contribution in [-0.4, -0.2) is 67.1 Å². The normalized spacial score (nSPS) is 36.1. The van der Waals surface area contributed by atoms with Crippen molar-refractivity contribution in [3.8, 4) is 0 Å². The molecule has 5 heteroatoms. The van der Waals surface area contributed by atoms with Crippen LogP contribution in [0, 0.1) is 5.92 Å². The molecule has 138 valence electrons. The first-order valence-electron chi connectivity index (χ1n) is 9.94. The number of nitrogens with one attached hydrogen (secondary N) is 2. The van der Waals surface area contributed by atoms with Crippen LogP contribution in [0.5, 0.6) is 0 Å². The van der Waals surface area contributed by atoms with Crippen molar-refractivity contribution in [3.05, 3.63) is 42.0 Å². The van der Waals surface area contributed by atoms with Gasteiger partial charge in [-0.15, -0.1) is 0 Å². The number of likely N-dealkylation sites (N-methyl/N-ethyl adjacent to an activating group) is 1. The van der Waals surface area contributed by atoms with Gasteiger partial charge in [-0.3, -0.25) is 9.69 Å².